The van der Waals surface area contributed by atoms with Crippen molar-refractivity contribution < 1.29 is 9.53 Å². The van der Waals surface area contributed by atoms with E-state index in [0.717, 1.165) is 28.4 Å². The fourth-order valence-electron chi connectivity index (χ4n) is 4.69. The number of rotatable bonds is 8. The molecule has 2 atom stereocenters. The summed E-state index contributed by atoms with van der Waals surface area (Å²) < 4.78 is 6.62. The second kappa shape index (κ2) is 10.0. The third-order valence-electron chi connectivity index (χ3n) is 6.29. The van der Waals surface area contributed by atoms with Crippen LogP contribution >= 0.6 is 0 Å². The van der Waals surface area contributed by atoms with E-state index in [-0.39, 0.29) is 11.9 Å². The predicted molar refractivity (Wildman–Crippen MR) is 135 cm³/mol. The molecule has 3 nitrogen and oxygen atoms in total. The maximum atomic E-state index is 13.8. The summed E-state index contributed by atoms with van der Waals surface area (Å²) >= 11 is 0. The van der Waals surface area contributed by atoms with Gasteiger partial charge >= 0.3 is 5.97 Å². The number of ether oxygens (including phenoxy) is 1. The maximum absolute atomic E-state index is 13.8. The van der Waals surface area contributed by atoms with E-state index in [2.05, 4.69) is 50.2 Å². The van der Waals surface area contributed by atoms with Crippen molar-refractivity contribution >= 4 is 16.7 Å². The number of carbonyl (C=O) groups is 1. The smallest absolute Gasteiger partial charge is 0.339 e. The molecular weight excluding hydrogens is 406 g/mol. The maximum Gasteiger partial charge on any atom is 0.339 e. The molecule has 0 bridgehead atoms. The molecule has 0 saturated heterocycles. The van der Waals surface area contributed by atoms with Gasteiger partial charge in [0.15, 0.2) is 0 Å². The number of esters is 1. The summed E-state index contributed by atoms with van der Waals surface area (Å²) in [6.45, 7) is 2.96. The first-order valence-corrected chi connectivity index (χ1v) is 11.4. The molecule has 168 valence electrons. The molecule has 0 spiro atoms. The Kier molecular flexibility index (Phi) is 6.90. The highest BCUT2D eigenvalue weighted by atomic mass is 16.6. The second-order valence-corrected chi connectivity index (χ2v) is 9.00. The van der Waals surface area contributed by atoms with E-state index in [4.69, 9.17) is 4.74 Å². The Balaban J connectivity index is 1.83. The summed E-state index contributed by atoms with van der Waals surface area (Å²) in [7, 11) is 4.11. The van der Waals surface area contributed by atoms with Gasteiger partial charge in [-0.15, -0.1) is 0 Å². The number of nitrogens with zero attached hydrogens (tertiary/aromatic N) is 1. The highest BCUT2D eigenvalue weighted by molar-refractivity contribution is 6.04. The number of hydrogen-bond donors (Lipinski definition) is 0. The number of hydrogen-bond acceptors (Lipinski definition) is 3. The lowest BCUT2D eigenvalue weighted by Gasteiger charge is -2.40. The van der Waals surface area contributed by atoms with E-state index in [1.165, 1.54) is 0 Å². The Morgan fingerprint density at radius 1 is 0.818 bits per heavy atom. The van der Waals surface area contributed by atoms with Crippen LogP contribution in [0.4, 0.5) is 0 Å². The normalized spacial score (nSPS) is 14.1. The van der Waals surface area contributed by atoms with Crippen molar-refractivity contribution in [2.24, 2.45) is 5.92 Å². The highest BCUT2D eigenvalue weighted by Crippen LogP contribution is 2.39. The van der Waals surface area contributed by atoms with Gasteiger partial charge in [0, 0.05) is 18.9 Å². The topological polar surface area (TPSA) is 29.5 Å². The first-order chi connectivity index (χ1) is 16.0. The molecule has 0 fully saturated rings. The molecule has 0 amide bonds. The SMILES string of the molecule is C[C@@H](CN(C)C)C(Cc1ccccc1)(OC(=O)c1cccc2ccccc12)c1ccccc1. The second-order valence-electron chi connectivity index (χ2n) is 9.00. The first-order valence-electron chi connectivity index (χ1n) is 11.4. The zero-order chi connectivity index (χ0) is 23.3. The molecule has 4 aromatic carbocycles. The van der Waals surface area contributed by atoms with Crippen molar-refractivity contribution in [3.05, 3.63) is 120 Å². The summed E-state index contributed by atoms with van der Waals surface area (Å²) in [5, 5.41) is 1.94. The molecule has 1 unspecified atom stereocenters. The zero-order valence-electron chi connectivity index (χ0n) is 19.6. The van der Waals surface area contributed by atoms with E-state index >= 15 is 0 Å². The Bertz CT molecular complexity index is 1200. The predicted octanol–water partition coefficient (Wildman–Crippen LogP) is 6.33. The molecule has 0 heterocycles. The molecule has 0 aromatic heterocycles. The Morgan fingerprint density at radius 2 is 1.42 bits per heavy atom. The highest BCUT2D eigenvalue weighted by Gasteiger charge is 2.42. The van der Waals surface area contributed by atoms with Crippen LogP contribution in [0.5, 0.6) is 0 Å². The van der Waals surface area contributed by atoms with Gasteiger partial charge in [-0.25, -0.2) is 4.79 Å². The lowest BCUT2D eigenvalue weighted by molar-refractivity contribution is -0.0571. The molecular formula is C30H31NO2. The van der Waals surface area contributed by atoms with Crippen molar-refractivity contribution in [1.29, 1.82) is 0 Å². The van der Waals surface area contributed by atoms with Crippen LogP contribution in [-0.2, 0) is 16.8 Å². The van der Waals surface area contributed by atoms with Crippen LogP contribution in [0.15, 0.2) is 103 Å². The van der Waals surface area contributed by atoms with Crippen molar-refractivity contribution in [3.63, 3.8) is 0 Å². The first kappa shape index (κ1) is 22.8. The largest absolute Gasteiger partial charge is 0.450 e. The van der Waals surface area contributed by atoms with Gasteiger partial charge in [0.25, 0.3) is 0 Å². The summed E-state index contributed by atoms with van der Waals surface area (Å²) in [4.78, 5) is 15.9. The minimum Gasteiger partial charge on any atom is -0.450 e. The minimum absolute atomic E-state index is 0.0500. The van der Waals surface area contributed by atoms with Gasteiger partial charge in [-0.05, 0) is 42.1 Å². The summed E-state index contributed by atoms with van der Waals surface area (Å²) in [5.74, 6) is -0.244. The number of fused-ring (bicyclic) bond motifs is 1. The Hall–Kier alpha value is -3.43. The fraction of sp³-hybridized carbons (Fsp3) is 0.233. The molecule has 0 aliphatic carbocycles. The number of benzene rings is 4. The van der Waals surface area contributed by atoms with Gasteiger partial charge in [0.1, 0.15) is 5.60 Å². The minimum atomic E-state index is -0.819. The van der Waals surface area contributed by atoms with Crippen LogP contribution < -0.4 is 0 Å². The zero-order valence-corrected chi connectivity index (χ0v) is 19.6. The lowest BCUT2D eigenvalue weighted by atomic mass is 9.77. The van der Waals surface area contributed by atoms with Crippen molar-refractivity contribution in [2.75, 3.05) is 20.6 Å². The Morgan fingerprint density at radius 3 is 2.12 bits per heavy atom. The van der Waals surface area contributed by atoms with Crippen LogP contribution in [0.3, 0.4) is 0 Å². The van der Waals surface area contributed by atoms with Gasteiger partial charge in [-0.2, -0.15) is 0 Å². The van der Waals surface area contributed by atoms with E-state index < -0.39 is 5.60 Å². The van der Waals surface area contributed by atoms with E-state index in [0.29, 0.717) is 12.0 Å². The summed E-state index contributed by atoms with van der Waals surface area (Å²) in [5.41, 5.74) is 1.92. The summed E-state index contributed by atoms with van der Waals surface area (Å²) in [6, 6.07) is 34.2. The van der Waals surface area contributed by atoms with Crippen molar-refractivity contribution in [1.82, 2.24) is 4.90 Å². The molecule has 0 aliphatic heterocycles. The molecule has 4 aromatic rings. The van der Waals surface area contributed by atoms with Crippen LogP contribution in [0.1, 0.15) is 28.4 Å². The van der Waals surface area contributed by atoms with Crippen LogP contribution in [0, 0.1) is 5.92 Å². The van der Waals surface area contributed by atoms with Crippen molar-refractivity contribution in [2.45, 2.75) is 18.9 Å². The van der Waals surface area contributed by atoms with Gasteiger partial charge in [0.05, 0.1) is 5.56 Å². The van der Waals surface area contributed by atoms with Gasteiger partial charge in [-0.3, -0.25) is 0 Å². The monoisotopic (exact) mass is 437 g/mol. The standard InChI is InChI=1S/C30H31NO2/c1-23(22-31(2)3)30(26-17-8-5-9-18-26,21-24-13-6-4-7-14-24)33-29(32)28-20-12-16-25-15-10-11-19-27(25)28/h4-20,23H,21-22H2,1-3H3/t23-,30?/m0/s1. The third kappa shape index (κ3) is 4.99. The fourth-order valence-corrected chi connectivity index (χ4v) is 4.69. The van der Waals surface area contributed by atoms with Gasteiger partial charge < -0.3 is 9.64 Å². The van der Waals surface area contributed by atoms with E-state index in [1.807, 2.05) is 78.9 Å². The molecule has 0 aliphatic rings. The van der Waals surface area contributed by atoms with E-state index in [1.54, 1.807) is 0 Å². The van der Waals surface area contributed by atoms with Crippen LogP contribution in [-0.4, -0.2) is 31.5 Å². The molecule has 3 heteroatoms. The lowest BCUT2D eigenvalue weighted by Crippen LogP contribution is -2.45. The quantitative estimate of drug-likeness (QED) is 0.302. The van der Waals surface area contributed by atoms with Gasteiger partial charge in [0.2, 0.25) is 0 Å². The van der Waals surface area contributed by atoms with Crippen LogP contribution in [0.25, 0.3) is 10.8 Å². The molecule has 33 heavy (non-hydrogen) atoms. The van der Waals surface area contributed by atoms with Gasteiger partial charge in [-0.1, -0.05) is 104 Å². The third-order valence-corrected chi connectivity index (χ3v) is 6.29. The van der Waals surface area contributed by atoms with E-state index in [9.17, 15) is 4.79 Å². The molecule has 0 radical (unpaired) electrons. The average Bonchev–Trinajstić information content (AvgIpc) is 2.84. The van der Waals surface area contributed by atoms with Crippen LogP contribution in [0.2, 0.25) is 0 Å². The average molecular weight is 438 g/mol. The van der Waals surface area contributed by atoms with Crippen molar-refractivity contribution in [3.8, 4) is 0 Å². The number of carbonyl (C=O) groups excluding carboxylic acids is 1. The molecule has 0 saturated carbocycles. The molecule has 0 N–H and O–H groups in total. The Labute approximate surface area is 196 Å². The molecule has 4 rings (SSSR count). The summed E-state index contributed by atoms with van der Waals surface area (Å²) in [6.07, 6.45) is 0.601.